The molecule has 0 aliphatic carbocycles. The predicted octanol–water partition coefficient (Wildman–Crippen LogP) is 1.87. The zero-order chi connectivity index (χ0) is 22.2. The van der Waals surface area contributed by atoms with Gasteiger partial charge in [-0.25, -0.2) is 13.6 Å². The van der Waals surface area contributed by atoms with E-state index in [9.17, 15) is 23.5 Å². The van der Waals surface area contributed by atoms with Gasteiger partial charge in [-0.15, -0.1) is 0 Å². The van der Waals surface area contributed by atoms with Crippen LogP contribution in [0.25, 0.3) is 0 Å². The fraction of sp³-hybridized carbons (Fsp3) is 0.286. The van der Waals surface area contributed by atoms with Gasteiger partial charge in [-0.1, -0.05) is 18.2 Å². The van der Waals surface area contributed by atoms with Gasteiger partial charge in [-0.3, -0.25) is 9.78 Å². The Bertz CT molecular complexity index is 942. The number of aromatic nitrogens is 1. The van der Waals surface area contributed by atoms with Crippen LogP contribution in [0, 0.1) is 11.6 Å². The number of amides is 3. The monoisotopic (exact) mass is 432 g/mol. The van der Waals surface area contributed by atoms with Crippen LogP contribution in [0.2, 0.25) is 0 Å². The Morgan fingerprint density at radius 3 is 2.74 bits per heavy atom. The van der Waals surface area contributed by atoms with E-state index in [-0.39, 0.29) is 24.6 Å². The zero-order valence-electron chi connectivity index (χ0n) is 16.4. The Hall–Kier alpha value is -3.37. The highest BCUT2D eigenvalue weighted by molar-refractivity contribution is 5.89. The molecule has 0 radical (unpaired) electrons. The molecule has 3 rings (SSSR count). The van der Waals surface area contributed by atoms with Gasteiger partial charge in [0.1, 0.15) is 17.7 Å². The summed E-state index contributed by atoms with van der Waals surface area (Å²) in [4.78, 5) is 28.4. The average Bonchev–Trinajstić information content (AvgIpc) is 2.76. The normalized spacial score (nSPS) is 20.2. The van der Waals surface area contributed by atoms with Crippen molar-refractivity contribution in [2.45, 2.75) is 31.2 Å². The molecule has 0 spiro atoms. The summed E-state index contributed by atoms with van der Waals surface area (Å²) in [6, 6.07) is 6.54. The zero-order valence-corrected chi connectivity index (χ0v) is 16.4. The summed E-state index contributed by atoms with van der Waals surface area (Å²) in [5.74, 6) is -1.75. The Morgan fingerprint density at radius 2 is 2.00 bits per heavy atom. The lowest BCUT2D eigenvalue weighted by atomic mass is 10.0. The molecule has 1 aromatic heterocycles. The third-order valence-corrected chi connectivity index (χ3v) is 4.52. The number of anilines is 1. The van der Waals surface area contributed by atoms with Crippen LogP contribution in [-0.2, 0) is 16.1 Å². The maximum absolute atomic E-state index is 13.7. The molecule has 164 valence electrons. The Kier molecular flexibility index (Phi) is 7.63. The van der Waals surface area contributed by atoms with Gasteiger partial charge in [0.15, 0.2) is 0 Å². The molecule has 4 N–H and O–H groups in total. The average molecular weight is 432 g/mol. The summed E-state index contributed by atoms with van der Waals surface area (Å²) in [5.41, 5.74) is 0.399. The van der Waals surface area contributed by atoms with Gasteiger partial charge in [0.25, 0.3) is 0 Å². The minimum Gasteiger partial charge on any atom is -0.394 e. The number of aliphatic hydroxyl groups is 1. The molecule has 0 saturated carbocycles. The summed E-state index contributed by atoms with van der Waals surface area (Å²) in [5, 5.41) is 17.1. The second kappa shape index (κ2) is 10.6. The van der Waals surface area contributed by atoms with E-state index < -0.39 is 42.5 Å². The van der Waals surface area contributed by atoms with Crippen molar-refractivity contribution in [3.05, 3.63) is 72.1 Å². The van der Waals surface area contributed by atoms with E-state index in [2.05, 4.69) is 20.9 Å². The van der Waals surface area contributed by atoms with Crippen molar-refractivity contribution in [1.82, 2.24) is 15.6 Å². The molecular weight excluding hydrogens is 410 g/mol. The van der Waals surface area contributed by atoms with E-state index in [1.807, 2.05) is 6.07 Å². The first-order valence-electron chi connectivity index (χ1n) is 9.58. The van der Waals surface area contributed by atoms with E-state index in [1.54, 1.807) is 30.5 Å². The fourth-order valence-corrected chi connectivity index (χ4v) is 2.99. The van der Waals surface area contributed by atoms with E-state index in [1.165, 1.54) is 0 Å². The number of hydrogen-bond donors (Lipinski definition) is 4. The first-order valence-corrected chi connectivity index (χ1v) is 9.58. The first-order chi connectivity index (χ1) is 14.9. The number of carbonyl (C=O) groups excluding carboxylic acids is 2. The lowest BCUT2D eigenvalue weighted by Crippen LogP contribution is -2.50. The van der Waals surface area contributed by atoms with Crippen molar-refractivity contribution >= 4 is 17.6 Å². The predicted molar refractivity (Wildman–Crippen MR) is 108 cm³/mol. The van der Waals surface area contributed by atoms with E-state index in [4.69, 9.17) is 4.74 Å². The molecule has 2 aromatic rings. The van der Waals surface area contributed by atoms with Crippen LogP contribution in [0.4, 0.5) is 19.3 Å². The van der Waals surface area contributed by atoms with Crippen LogP contribution in [0.3, 0.4) is 0 Å². The van der Waals surface area contributed by atoms with Gasteiger partial charge >= 0.3 is 6.03 Å². The van der Waals surface area contributed by atoms with E-state index in [0.717, 1.165) is 18.2 Å². The maximum Gasteiger partial charge on any atom is 0.319 e. The SMILES string of the molecule is O=C(C[C@@H]1C=C[C@@H](NC(=O)Nc2cc(F)ccc2F)[C@@H](CO)O1)NCc1ccccn1. The number of nitrogens with one attached hydrogen (secondary N) is 3. The van der Waals surface area contributed by atoms with Crippen LogP contribution < -0.4 is 16.0 Å². The van der Waals surface area contributed by atoms with E-state index >= 15 is 0 Å². The summed E-state index contributed by atoms with van der Waals surface area (Å²) in [6.07, 6.45) is 3.42. The van der Waals surface area contributed by atoms with Crippen molar-refractivity contribution in [3.63, 3.8) is 0 Å². The molecule has 8 nitrogen and oxygen atoms in total. The van der Waals surface area contributed by atoms with Gasteiger partial charge in [-0.2, -0.15) is 0 Å². The standard InChI is InChI=1S/C21H22F2N4O4/c22-13-4-6-16(23)18(9-13)27-21(30)26-17-7-5-15(31-19(17)12-28)10-20(29)25-11-14-3-1-2-8-24-14/h1-9,15,17,19,28H,10-12H2,(H,25,29)(H2,26,27,30)/t15-,17+,19+/m0/s1. The minimum atomic E-state index is -0.818. The first kappa shape index (κ1) is 22.3. The second-order valence-corrected chi connectivity index (χ2v) is 6.83. The molecule has 1 aliphatic rings. The molecule has 3 atom stereocenters. The van der Waals surface area contributed by atoms with Crippen molar-refractivity contribution < 1.29 is 28.2 Å². The molecule has 31 heavy (non-hydrogen) atoms. The topological polar surface area (TPSA) is 113 Å². The highest BCUT2D eigenvalue weighted by Crippen LogP contribution is 2.18. The number of hydrogen-bond acceptors (Lipinski definition) is 5. The number of rotatable bonds is 7. The molecule has 0 unspecified atom stereocenters. The summed E-state index contributed by atoms with van der Waals surface area (Å²) < 4.78 is 32.6. The van der Waals surface area contributed by atoms with Gasteiger partial charge in [0.2, 0.25) is 5.91 Å². The number of halogens is 2. The molecule has 3 amide bonds. The van der Waals surface area contributed by atoms with Crippen molar-refractivity contribution in [3.8, 4) is 0 Å². The highest BCUT2D eigenvalue weighted by Gasteiger charge is 2.29. The third-order valence-electron chi connectivity index (χ3n) is 4.52. The quantitative estimate of drug-likeness (QED) is 0.499. The molecule has 0 fully saturated rings. The molecular formula is C21H22F2N4O4. The molecule has 1 aliphatic heterocycles. The van der Waals surface area contributed by atoms with Gasteiger partial charge in [0.05, 0.1) is 43.1 Å². The number of urea groups is 1. The smallest absolute Gasteiger partial charge is 0.319 e. The number of ether oxygens (including phenoxy) is 1. The van der Waals surface area contributed by atoms with Crippen LogP contribution in [0.15, 0.2) is 54.7 Å². The Balaban J connectivity index is 1.51. The second-order valence-electron chi connectivity index (χ2n) is 6.83. The van der Waals surface area contributed by atoms with Crippen LogP contribution in [-0.4, -0.2) is 46.9 Å². The number of carbonyl (C=O) groups is 2. The largest absolute Gasteiger partial charge is 0.394 e. The van der Waals surface area contributed by atoms with Gasteiger partial charge in [-0.05, 0) is 24.3 Å². The lowest BCUT2D eigenvalue weighted by Gasteiger charge is -2.31. The molecule has 2 heterocycles. The lowest BCUT2D eigenvalue weighted by molar-refractivity contribution is -0.125. The van der Waals surface area contributed by atoms with Crippen LogP contribution in [0.5, 0.6) is 0 Å². The molecule has 0 bridgehead atoms. The molecule has 10 heteroatoms. The number of pyridine rings is 1. The Morgan fingerprint density at radius 1 is 1.16 bits per heavy atom. The minimum absolute atomic E-state index is 0.0211. The number of nitrogens with zero attached hydrogens (tertiary/aromatic N) is 1. The van der Waals surface area contributed by atoms with Crippen LogP contribution in [0.1, 0.15) is 12.1 Å². The van der Waals surface area contributed by atoms with Gasteiger partial charge < -0.3 is 25.8 Å². The summed E-state index contributed by atoms with van der Waals surface area (Å²) in [6.45, 7) is -0.143. The Labute approximate surface area is 177 Å². The summed E-state index contributed by atoms with van der Waals surface area (Å²) >= 11 is 0. The van der Waals surface area contributed by atoms with Gasteiger partial charge in [0, 0.05) is 12.3 Å². The fourth-order valence-electron chi connectivity index (χ4n) is 2.99. The van der Waals surface area contributed by atoms with Crippen molar-refractivity contribution in [1.29, 1.82) is 0 Å². The number of benzene rings is 1. The van der Waals surface area contributed by atoms with Crippen molar-refractivity contribution in [2.75, 3.05) is 11.9 Å². The van der Waals surface area contributed by atoms with Crippen LogP contribution >= 0.6 is 0 Å². The highest BCUT2D eigenvalue weighted by atomic mass is 19.1. The molecule has 1 aromatic carbocycles. The summed E-state index contributed by atoms with van der Waals surface area (Å²) in [7, 11) is 0. The van der Waals surface area contributed by atoms with Crippen molar-refractivity contribution in [2.24, 2.45) is 0 Å². The number of aliphatic hydroxyl groups excluding tert-OH is 1. The van der Waals surface area contributed by atoms with E-state index in [0.29, 0.717) is 5.69 Å². The maximum atomic E-state index is 13.7. The molecule has 0 saturated heterocycles. The third kappa shape index (κ3) is 6.56.